The van der Waals surface area contributed by atoms with E-state index in [1.54, 1.807) is 0 Å². The molecule has 0 radical (unpaired) electrons. The normalized spacial score (nSPS) is 21.2. The van der Waals surface area contributed by atoms with Crippen molar-refractivity contribution in [3.8, 4) is 0 Å². The molecule has 382 valence electrons. The number of unbranched alkanes of at least 4 members (excludes halogenated alkanes) is 27. The Morgan fingerprint density at radius 1 is 0.538 bits per heavy atom. The van der Waals surface area contributed by atoms with E-state index in [-0.39, 0.29) is 12.8 Å². The molecular formula is C54H101NO10. The van der Waals surface area contributed by atoms with Gasteiger partial charge in [-0.05, 0) is 70.6 Å². The van der Waals surface area contributed by atoms with E-state index in [9.17, 15) is 40.5 Å². The zero-order chi connectivity index (χ0) is 47.6. The van der Waals surface area contributed by atoms with Gasteiger partial charge < -0.3 is 50.5 Å². The van der Waals surface area contributed by atoms with Gasteiger partial charge in [-0.3, -0.25) is 4.79 Å². The Morgan fingerprint density at radius 2 is 0.954 bits per heavy atom. The van der Waals surface area contributed by atoms with Crippen molar-refractivity contribution in [1.82, 2.24) is 5.32 Å². The van der Waals surface area contributed by atoms with Crippen molar-refractivity contribution in [2.75, 3.05) is 13.2 Å². The van der Waals surface area contributed by atoms with Gasteiger partial charge in [0.15, 0.2) is 6.29 Å². The van der Waals surface area contributed by atoms with Gasteiger partial charge in [-0.1, -0.05) is 198 Å². The highest BCUT2D eigenvalue weighted by Crippen LogP contribution is 2.23. The van der Waals surface area contributed by atoms with E-state index in [0.29, 0.717) is 12.8 Å². The minimum absolute atomic E-state index is 0.241. The van der Waals surface area contributed by atoms with Crippen LogP contribution in [0.15, 0.2) is 36.5 Å². The fourth-order valence-electron chi connectivity index (χ4n) is 8.47. The molecule has 0 aliphatic carbocycles. The molecule has 0 aromatic heterocycles. The number of carbonyl (C=O) groups excluding carboxylic acids is 1. The second kappa shape index (κ2) is 43.6. The molecule has 1 aliphatic rings. The monoisotopic (exact) mass is 924 g/mol. The van der Waals surface area contributed by atoms with E-state index >= 15 is 0 Å². The van der Waals surface area contributed by atoms with Crippen LogP contribution in [0.1, 0.15) is 232 Å². The number of hydrogen-bond donors (Lipinski definition) is 8. The van der Waals surface area contributed by atoms with Crippen LogP contribution < -0.4 is 5.32 Å². The lowest BCUT2D eigenvalue weighted by Crippen LogP contribution is -2.60. The minimum atomic E-state index is -1.67. The molecule has 0 aromatic rings. The van der Waals surface area contributed by atoms with Crippen LogP contribution >= 0.6 is 0 Å². The van der Waals surface area contributed by atoms with E-state index in [0.717, 1.165) is 64.2 Å². The summed E-state index contributed by atoms with van der Waals surface area (Å²) in [7, 11) is 0. The molecule has 11 heteroatoms. The second-order valence-electron chi connectivity index (χ2n) is 18.9. The summed E-state index contributed by atoms with van der Waals surface area (Å²) in [4.78, 5) is 13.1. The highest BCUT2D eigenvalue weighted by Gasteiger charge is 2.44. The van der Waals surface area contributed by atoms with Crippen LogP contribution in [0.3, 0.4) is 0 Å². The molecule has 1 saturated heterocycles. The smallest absolute Gasteiger partial charge is 0.249 e. The topological polar surface area (TPSA) is 189 Å². The average molecular weight is 924 g/mol. The van der Waals surface area contributed by atoms with Crippen LogP contribution in [0.5, 0.6) is 0 Å². The van der Waals surface area contributed by atoms with E-state index in [1.165, 1.54) is 128 Å². The molecule has 8 N–H and O–H groups in total. The first-order chi connectivity index (χ1) is 31.7. The third kappa shape index (κ3) is 32.7. The quantitative estimate of drug-likeness (QED) is 0.0216. The maximum Gasteiger partial charge on any atom is 0.249 e. The van der Waals surface area contributed by atoms with Crippen molar-refractivity contribution in [3.05, 3.63) is 36.5 Å². The van der Waals surface area contributed by atoms with E-state index in [1.807, 2.05) is 0 Å². The van der Waals surface area contributed by atoms with E-state index in [4.69, 9.17) is 9.47 Å². The summed E-state index contributed by atoms with van der Waals surface area (Å²) in [6, 6.07) is -1.19. The zero-order valence-corrected chi connectivity index (χ0v) is 41.5. The maximum absolute atomic E-state index is 13.1. The van der Waals surface area contributed by atoms with Crippen LogP contribution in [-0.2, 0) is 14.3 Å². The molecule has 65 heavy (non-hydrogen) atoms. The Kier molecular flexibility index (Phi) is 41.1. The molecule has 1 amide bonds. The fraction of sp³-hybridized carbons (Fsp3) is 0.870. The Balaban J connectivity index is 2.38. The average Bonchev–Trinajstić information content (AvgIpc) is 3.31. The Labute approximate surface area is 397 Å². The number of ether oxygens (including phenoxy) is 2. The summed E-state index contributed by atoms with van der Waals surface area (Å²) < 4.78 is 11.1. The van der Waals surface area contributed by atoms with Crippen molar-refractivity contribution < 1.29 is 50.0 Å². The lowest BCUT2D eigenvalue weighted by molar-refractivity contribution is -0.303. The maximum atomic E-state index is 13.1. The number of allylic oxidation sites excluding steroid dienone is 6. The van der Waals surface area contributed by atoms with Crippen molar-refractivity contribution in [2.45, 2.75) is 287 Å². The predicted molar refractivity (Wildman–Crippen MR) is 265 cm³/mol. The molecule has 0 aromatic carbocycles. The number of nitrogens with one attached hydrogen (secondary N) is 1. The van der Waals surface area contributed by atoms with E-state index in [2.05, 4.69) is 55.6 Å². The fourth-order valence-corrected chi connectivity index (χ4v) is 8.47. The molecular weight excluding hydrogens is 823 g/mol. The highest BCUT2D eigenvalue weighted by molar-refractivity contribution is 5.80. The first-order valence-electron chi connectivity index (χ1n) is 26.9. The molecule has 1 aliphatic heterocycles. The lowest BCUT2D eigenvalue weighted by Gasteiger charge is -2.40. The third-order valence-corrected chi connectivity index (χ3v) is 12.9. The number of carbonyl (C=O) groups is 1. The van der Waals surface area contributed by atoms with Gasteiger partial charge in [-0.25, -0.2) is 0 Å². The molecule has 9 unspecified atom stereocenters. The number of amides is 1. The van der Waals surface area contributed by atoms with E-state index < -0.39 is 74.2 Å². The first-order valence-corrected chi connectivity index (χ1v) is 26.9. The van der Waals surface area contributed by atoms with Crippen molar-refractivity contribution in [2.24, 2.45) is 0 Å². The summed E-state index contributed by atoms with van der Waals surface area (Å²) >= 11 is 0. The molecule has 1 rings (SSSR count). The molecule has 1 fully saturated rings. The van der Waals surface area contributed by atoms with Crippen LogP contribution in [0.2, 0.25) is 0 Å². The van der Waals surface area contributed by atoms with Gasteiger partial charge in [0, 0.05) is 0 Å². The number of rotatable bonds is 45. The van der Waals surface area contributed by atoms with Crippen LogP contribution in [0, 0.1) is 0 Å². The molecule has 9 atom stereocenters. The van der Waals surface area contributed by atoms with Gasteiger partial charge in [0.05, 0.1) is 25.4 Å². The Bertz CT molecular complexity index is 1150. The van der Waals surface area contributed by atoms with Gasteiger partial charge in [-0.2, -0.15) is 0 Å². The summed E-state index contributed by atoms with van der Waals surface area (Å²) in [5.74, 6) is -0.714. The summed E-state index contributed by atoms with van der Waals surface area (Å²) in [5.41, 5.74) is 0. The van der Waals surface area contributed by atoms with Crippen molar-refractivity contribution in [1.29, 1.82) is 0 Å². The summed E-state index contributed by atoms with van der Waals surface area (Å²) in [6.45, 7) is 3.42. The molecule has 11 nitrogen and oxygen atoms in total. The van der Waals surface area contributed by atoms with Gasteiger partial charge >= 0.3 is 0 Å². The number of hydrogen-bond acceptors (Lipinski definition) is 10. The molecule has 1 heterocycles. The van der Waals surface area contributed by atoms with Crippen LogP contribution in [0.4, 0.5) is 0 Å². The molecule has 0 saturated carbocycles. The Morgan fingerprint density at radius 3 is 1.45 bits per heavy atom. The Hall–Kier alpha value is -1.67. The van der Waals surface area contributed by atoms with Gasteiger partial charge in [0.25, 0.3) is 0 Å². The molecule has 0 spiro atoms. The van der Waals surface area contributed by atoms with Gasteiger partial charge in [0.1, 0.15) is 36.6 Å². The lowest BCUT2D eigenvalue weighted by atomic mass is 9.98. The SMILES string of the molecule is CCCCC/C=C\C/C=C\CCCCCCCCC(O)C(=O)NC(COC1OC(CO)C(O)C(O)C1O)C(O)C(O)CCC/C=C/CCCCCCCCCCCCCCCCCCC. The predicted octanol–water partition coefficient (Wildman–Crippen LogP) is 10.3. The number of aliphatic hydroxyl groups is 7. The number of aliphatic hydroxyl groups excluding tert-OH is 7. The minimum Gasteiger partial charge on any atom is -0.394 e. The third-order valence-electron chi connectivity index (χ3n) is 12.9. The van der Waals surface area contributed by atoms with Crippen molar-refractivity contribution >= 4 is 5.91 Å². The summed E-state index contributed by atoms with van der Waals surface area (Å²) in [5, 5.41) is 75.9. The van der Waals surface area contributed by atoms with Gasteiger partial charge in [-0.15, -0.1) is 0 Å². The summed E-state index contributed by atoms with van der Waals surface area (Å²) in [6.07, 6.45) is 40.5. The standard InChI is InChI=1S/C54H101NO10/c1-3-5-7-9-11-13-15-17-19-21-22-23-24-25-26-28-29-31-33-35-37-39-41-46(57)49(59)45(44-64-54-52(62)51(61)50(60)48(43-56)65-54)55-53(63)47(58)42-40-38-36-34-32-30-27-20-18-16-14-12-10-8-6-4-2/h12,14,18,20,33,35,45-52,54,56-62H,3-11,13,15-17,19,21-32,34,36-44H2,1-2H3,(H,55,63)/b14-12-,20-18-,35-33+. The highest BCUT2D eigenvalue weighted by atomic mass is 16.7. The molecule has 0 bridgehead atoms. The van der Waals surface area contributed by atoms with Crippen LogP contribution in [-0.4, -0.2) is 110 Å². The second-order valence-corrected chi connectivity index (χ2v) is 18.9. The largest absolute Gasteiger partial charge is 0.394 e. The van der Waals surface area contributed by atoms with Crippen molar-refractivity contribution in [3.63, 3.8) is 0 Å². The van der Waals surface area contributed by atoms with Crippen LogP contribution in [0.25, 0.3) is 0 Å². The van der Waals surface area contributed by atoms with Gasteiger partial charge in [0.2, 0.25) is 5.91 Å². The first kappa shape index (κ1) is 61.3. The zero-order valence-electron chi connectivity index (χ0n) is 41.5.